The van der Waals surface area contributed by atoms with E-state index in [1.54, 1.807) is 0 Å². The Morgan fingerprint density at radius 3 is 2.61 bits per heavy atom. The summed E-state index contributed by atoms with van der Waals surface area (Å²) in [6.07, 6.45) is 2.02. The van der Waals surface area contributed by atoms with Crippen molar-refractivity contribution in [2.75, 3.05) is 6.54 Å². The van der Waals surface area contributed by atoms with E-state index >= 15 is 0 Å². The van der Waals surface area contributed by atoms with Crippen LogP contribution in [0.15, 0.2) is 24.3 Å². The van der Waals surface area contributed by atoms with Gasteiger partial charge in [0.2, 0.25) is 11.8 Å². The maximum atomic E-state index is 11.9. The number of hydrogen-bond donors (Lipinski definition) is 2. The molecule has 0 bridgehead atoms. The molecule has 0 aliphatic heterocycles. The van der Waals surface area contributed by atoms with Crippen LogP contribution in [0.2, 0.25) is 5.02 Å². The maximum Gasteiger partial charge on any atom is 0.225 e. The molecule has 2 N–H and O–H groups in total. The summed E-state index contributed by atoms with van der Waals surface area (Å²) in [6.45, 7) is 6.15. The fourth-order valence-electron chi connectivity index (χ4n) is 2.47. The summed E-state index contributed by atoms with van der Waals surface area (Å²) >= 11 is 6.18. The second kappa shape index (κ2) is 7.35. The first-order chi connectivity index (χ1) is 10.8. The van der Waals surface area contributed by atoms with Gasteiger partial charge in [0.1, 0.15) is 0 Å². The highest BCUT2D eigenvalue weighted by Gasteiger charge is 2.40. The fourth-order valence-corrected chi connectivity index (χ4v) is 2.74. The van der Waals surface area contributed by atoms with E-state index in [9.17, 15) is 9.59 Å². The second-order valence-electron chi connectivity index (χ2n) is 7.15. The fraction of sp³-hybridized carbons (Fsp3) is 0.556. The van der Waals surface area contributed by atoms with E-state index in [2.05, 4.69) is 10.6 Å². The van der Waals surface area contributed by atoms with Crippen molar-refractivity contribution in [1.82, 2.24) is 10.6 Å². The van der Waals surface area contributed by atoms with E-state index in [4.69, 9.17) is 11.6 Å². The SMILES string of the molecule is CC(C)(C)C(=O)NCCCC(=O)N[C@@H]1C[C@@H]1c1ccccc1Cl. The average molecular weight is 337 g/mol. The third-order valence-electron chi connectivity index (χ3n) is 3.99. The lowest BCUT2D eigenvalue weighted by atomic mass is 9.96. The van der Waals surface area contributed by atoms with E-state index in [0.717, 1.165) is 17.0 Å². The standard InChI is InChI=1S/C18H25ClN2O2/c1-18(2,3)17(23)20-10-6-9-16(22)21-15-11-13(15)12-7-4-5-8-14(12)19/h4-5,7-8,13,15H,6,9-11H2,1-3H3,(H,20,23)(H,21,22)/t13-,15-/m1/s1. The number of hydrogen-bond acceptors (Lipinski definition) is 2. The lowest BCUT2D eigenvalue weighted by Crippen LogP contribution is -2.36. The van der Waals surface area contributed by atoms with Crippen LogP contribution in [0.4, 0.5) is 0 Å². The van der Waals surface area contributed by atoms with Crippen LogP contribution in [0.1, 0.15) is 51.5 Å². The number of carbonyl (C=O) groups excluding carboxylic acids is 2. The molecule has 1 saturated carbocycles. The summed E-state index contributed by atoms with van der Waals surface area (Å²) in [4.78, 5) is 23.6. The molecule has 1 aliphatic rings. The Balaban J connectivity index is 1.65. The molecule has 0 unspecified atom stereocenters. The van der Waals surface area contributed by atoms with Crippen LogP contribution in [0.5, 0.6) is 0 Å². The average Bonchev–Trinajstić information content (AvgIpc) is 3.21. The molecule has 23 heavy (non-hydrogen) atoms. The molecule has 1 fully saturated rings. The monoisotopic (exact) mass is 336 g/mol. The van der Waals surface area contributed by atoms with Crippen molar-refractivity contribution in [3.63, 3.8) is 0 Å². The molecule has 1 aromatic carbocycles. The number of rotatable bonds is 6. The quantitative estimate of drug-likeness (QED) is 0.783. The van der Waals surface area contributed by atoms with Gasteiger partial charge in [-0.25, -0.2) is 0 Å². The minimum Gasteiger partial charge on any atom is -0.356 e. The Morgan fingerprint density at radius 2 is 1.96 bits per heavy atom. The minimum absolute atomic E-state index is 0.0129. The van der Waals surface area contributed by atoms with Crippen molar-refractivity contribution in [2.24, 2.45) is 5.41 Å². The van der Waals surface area contributed by atoms with E-state index in [-0.39, 0.29) is 17.9 Å². The van der Waals surface area contributed by atoms with Gasteiger partial charge >= 0.3 is 0 Å². The number of amides is 2. The van der Waals surface area contributed by atoms with Crippen molar-refractivity contribution in [1.29, 1.82) is 0 Å². The van der Waals surface area contributed by atoms with Crippen molar-refractivity contribution >= 4 is 23.4 Å². The smallest absolute Gasteiger partial charge is 0.225 e. The lowest BCUT2D eigenvalue weighted by molar-refractivity contribution is -0.128. The van der Waals surface area contributed by atoms with E-state index in [1.807, 2.05) is 45.0 Å². The molecule has 2 rings (SSSR count). The van der Waals surface area contributed by atoms with Crippen LogP contribution in [-0.2, 0) is 9.59 Å². The third-order valence-corrected chi connectivity index (χ3v) is 4.33. The van der Waals surface area contributed by atoms with E-state index < -0.39 is 5.41 Å². The van der Waals surface area contributed by atoms with Gasteiger partial charge in [0, 0.05) is 35.4 Å². The van der Waals surface area contributed by atoms with Gasteiger partial charge in [-0.3, -0.25) is 9.59 Å². The Morgan fingerprint density at radius 1 is 1.26 bits per heavy atom. The van der Waals surface area contributed by atoms with Gasteiger partial charge < -0.3 is 10.6 Å². The molecule has 0 spiro atoms. The van der Waals surface area contributed by atoms with Gasteiger partial charge in [0.25, 0.3) is 0 Å². The molecule has 126 valence electrons. The van der Waals surface area contributed by atoms with Crippen LogP contribution < -0.4 is 10.6 Å². The zero-order valence-electron chi connectivity index (χ0n) is 14.0. The van der Waals surface area contributed by atoms with E-state index in [1.165, 1.54) is 0 Å². The van der Waals surface area contributed by atoms with Gasteiger partial charge in [0.05, 0.1) is 0 Å². The first-order valence-electron chi connectivity index (χ1n) is 8.11. The first-order valence-corrected chi connectivity index (χ1v) is 8.49. The molecule has 1 aromatic rings. The predicted molar refractivity (Wildman–Crippen MR) is 92.4 cm³/mol. The molecule has 4 nitrogen and oxygen atoms in total. The van der Waals surface area contributed by atoms with Crippen LogP contribution in [0.25, 0.3) is 0 Å². The Hall–Kier alpha value is -1.55. The van der Waals surface area contributed by atoms with Crippen molar-refractivity contribution < 1.29 is 9.59 Å². The number of halogens is 1. The largest absolute Gasteiger partial charge is 0.356 e. The van der Waals surface area contributed by atoms with Crippen LogP contribution in [0.3, 0.4) is 0 Å². The van der Waals surface area contributed by atoms with Crippen molar-refractivity contribution in [3.05, 3.63) is 34.9 Å². The highest BCUT2D eigenvalue weighted by Crippen LogP contribution is 2.43. The van der Waals surface area contributed by atoms with Gasteiger partial charge in [-0.15, -0.1) is 0 Å². The molecule has 0 aromatic heterocycles. The maximum absolute atomic E-state index is 11.9. The third kappa shape index (κ3) is 5.24. The van der Waals surface area contributed by atoms with Crippen LogP contribution in [0, 0.1) is 5.41 Å². The Kier molecular flexibility index (Phi) is 5.69. The van der Waals surface area contributed by atoms with Crippen LogP contribution >= 0.6 is 11.6 Å². The number of carbonyl (C=O) groups is 2. The molecule has 5 heteroatoms. The zero-order valence-corrected chi connectivity index (χ0v) is 14.7. The molecule has 2 atom stereocenters. The van der Waals surface area contributed by atoms with Crippen molar-refractivity contribution in [2.45, 2.75) is 52.0 Å². The lowest BCUT2D eigenvalue weighted by Gasteiger charge is -2.17. The molecular formula is C18H25ClN2O2. The highest BCUT2D eigenvalue weighted by atomic mass is 35.5. The Bertz CT molecular complexity index is 581. The molecular weight excluding hydrogens is 312 g/mol. The normalized spacial score (nSPS) is 20.0. The molecule has 0 heterocycles. The molecule has 2 amide bonds. The Labute approximate surface area is 143 Å². The van der Waals surface area contributed by atoms with Gasteiger partial charge in [0.15, 0.2) is 0 Å². The van der Waals surface area contributed by atoms with Crippen LogP contribution in [-0.4, -0.2) is 24.4 Å². The summed E-state index contributed by atoms with van der Waals surface area (Å²) in [5.74, 6) is 0.377. The van der Waals surface area contributed by atoms with Gasteiger partial charge in [-0.05, 0) is 24.5 Å². The predicted octanol–water partition coefficient (Wildman–Crippen LogP) is 3.25. The topological polar surface area (TPSA) is 58.2 Å². The summed E-state index contributed by atoms with van der Waals surface area (Å²) < 4.78 is 0. The van der Waals surface area contributed by atoms with E-state index in [0.29, 0.717) is 25.3 Å². The molecule has 0 radical (unpaired) electrons. The number of benzene rings is 1. The second-order valence-corrected chi connectivity index (χ2v) is 7.55. The summed E-state index contributed by atoms with van der Waals surface area (Å²) in [6, 6.07) is 7.96. The minimum atomic E-state index is -0.390. The zero-order chi connectivity index (χ0) is 17.0. The highest BCUT2D eigenvalue weighted by molar-refractivity contribution is 6.31. The van der Waals surface area contributed by atoms with Gasteiger partial charge in [-0.1, -0.05) is 50.6 Å². The van der Waals surface area contributed by atoms with Gasteiger partial charge in [-0.2, -0.15) is 0 Å². The number of nitrogens with one attached hydrogen (secondary N) is 2. The first kappa shape index (κ1) is 17.8. The summed E-state index contributed by atoms with van der Waals surface area (Å²) in [5.41, 5.74) is 0.718. The summed E-state index contributed by atoms with van der Waals surface area (Å²) in [7, 11) is 0. The van der Waals surface area contributed by atoms with Crippen molar-refractivity contribution in [3.8, 4) is 0 Å². The molecule has 0 saturated heterocycles. The molecule has 1 aliphatic carbocycles. The summed E-state index contributed by atoms with van der Waals surface area (Å²) in [5, 5.41) is 6.65.